The molecule has 0 unspecified atom stereocenters. The number of piperazine rings is 1. The highest BCUT2D eigenvalue weighted by molar-refractivity contribution is 5.14. The molecule has 2 heterocycles. The maximum absolute atomic E-state index is 2.71. The third kappa shape index (κ3) is 5.03. The van der Waals surface area contributed by atoms with Gasteiger partial charge in [0.1, 0.15) is 0 Å². The first kappa shape index (κ1) is 16.9. The largest absolute Gasteiger partial charge is 0.306 e. The third-order valence-corrected chi connectivity index (χ3v) is 5.82. The fourth-order valence-corrected chi connectivity index (χ4v) is 3.96. The van der Waals surface area contributed by atoms with Gasteiger partial charge in [0.15, 0.2) is 0 Å². The van der Waals surface area contributed by atoms with Crippen LogP contribution in [0.4, 0.5) is 0 Å². The zero-order valence-electron chi connectivity index (χ0n) is 15.0. The van der Waals surface area contributed by atoms with E-state index in [9.17, 15) is 0 Å². The molecule has 2 saturated heterocycles. The Morgan fingerprint density at radius 3 is 2.13 bits per heavy atom. The normalized spacial score (nSPS) is 23.9. The molecule has 0 atom stereocenters. The van der Waals surface area contributed by atoms with Gasteiger partial charge < -0.3 is 14.7 Å². The van der Waals surface area contributed by atoms with Crippen LogP contribution in [0.25, 0.3) is 0 Å². The molecule has 2 aliphatic heterocycles. The quantitative estimate of drug-likeness (QED) is 0.827. The molecule has 0 radical (unpaired) electrons. The van der Waals surface area contributed by atoms with Crippen molar-refractivity contribution in [2.24, 2.45) is 5.41 Å². The van der Waals surface area contributed by atoms with Crippen molar-refractivity contribution >= 4 is 0 Å². The molecule has 0 aromatic heterocycles. The fraction of sp³-hybridized carbons (Fsp3) is 0.700. The van der Waals surface area contributed by atoms with E-state index in [1.165, 1.54) is 77.2 Å². The summed E-state index contributed by atoms with van der Waals surface area (Å²) < 4.78 is 0. The Bertz CT molecular complexity index is 457. The van der Waals surface area contributed by atoms with Crippen molar-refractivity contribution in [1.29, 1.82) is 0 Å². The molecule has 3 nitrogen and oxygen atoms in total. The lowest BCUT2D eigenvalue weighted by atomic mass is 9.80. The first-order valence-electron chi connectivity index (χ1n) is 9.30. The summed E-state index contributed by atoms with van der Waals surface area (Å²) in [5, 5.41) is 0. The van der Waals surface area contributed by atoms with Gasteiger partial charge in [-0.05, 0) is 50.4 Å². The highest BCUT2D eigenvalue weighted by atomic mass is 15.3. The Balaban J connectivity index is 1.38. The average molecular weight is 316 g/mol. The van der Waals surface area contributed by atoms with Crippen molar-refractivity contribution in [3.63, 3.8) is 0 Å². The standard InChI is InChI=1S/C20H33N3/c1-20(9-12-21(2)13-10-20)18-23-16-14-22(15-17-23)11-8-19-6-4-3-5-7-19/h3-7H,8-18H2,1-2H3. The van der Waals surface area contributed by atoms with Crippen LogP contribution in [0, 0.1) is 5.41 Å². The first-order chi connectivity index (χ1) is 11.1. The van der Waals surface area contributed by atoms with E-state index in [-0.39, 0.29) is 0 Å². The van der Waals surface area contributed by atoms with Crippen molar-refractivity contribution in [2.45, 2.75) is 26.2 Å². The monoisotopic (exact) mass is 315 g/mol. The fourth-order valence-electron chi connectivity index (χ4n) is 3.96. The number of benzene rings is 1. The molecule has 3 rings (SSSR count). The summed E-state index contributed by atoms with van der Waals surface area (Å²) in [5.41, 5.74) is 2.01. The minimum atomic E-state index is 0.540. The van der Waals surface area contributed by atoms with Crippen LogP contribution in [0.5, 0.6) is 0 Å². The lowest BCUT2D eigenvalue weighted by Crippen LogP contribution is -2.51. The molecular formula is C20H33N3. The van der Waals surface area contributed by atoms with Gasteiger partial charge in [-0.1, -0.05) is 37.3 Å². The second-order valence-corrected chi connectivity index (χ2v) is 7.97. The van der Waals surface area contributed by atoms with Gasteiger partial charge in [0.2, 0.25) is 0 Å². The molecule has 0 amide bonds. The van der Waals surface area contributed by atoms with Crippen LogP contribution in [0.2, 0.25) is 0 Å². The molecule has 128 valence electrons. The molecule has 0 N–H and O–H groups in total. The van der Waals surface area contributed by atoms with Gasteiger partial charge in [-0.25, -0.2) is 0 Å². The summed E-state index contributed by atoms with van der Waals surface area (Å²) >= 11 is 0. The molecule has 2 aliphatic rings. The molecule has 23 heavy (non-hydrogen) atoms. The summed E-state index contributed by atoms with van der Waals surface area (Å²) in [6.45, 7) is 12.5. The van der Waals surface area contributed by atoms with Crippen LogP contribution in [0.3, 0.4) is 0 Å². The Morgan fingerprint density at radius 1 is 0.870 bits per heavy atom. The Kier molecular flexibility index (Phi) is 5.73. The number of nitrogens with zero attached hydrogens (tertiary/aromatic N) is 3. The Morgan fingerprint density at radius 2 is 1.48 bits per heavy atom. The van der Waals surface area contributed by atoms with Gasteiger partial charge in [-0.15, -0.1) is 0 Å². The van der Waals surface area contributed by atoms with Crippen LogP contribution >= 0.6 is 0 Å². The van der Waals surface area contributed by atoms with Crippen molar-refractivity contribution in [1.82, 2.24) is 14.7 Å². The molecule has 0 saturated carbocycles. The van der Waals surface area contributed by atoms with Crippen LogP contribution in [-0.2, 0) is 6.42 Å². The van der Waals surface area contributed by atoms with E-state index in [0.717, 1.165) is 0 Å². The van der Waals surface area contributed by atoms with E-state index in [0.29, 0.717) is 5.41 Å². The highest BCUT2D eigenvalue weighted by Gasteiger charge is 2.31. The molecular weight excluding hydrogens is 282 g/mol. The molecule has 0 aliphatic carbocycles. The van der Waals surface area contributed by atoms with Crippen molar-refractivity contribution in [3.8, 4) is 0 Å². The number of likely N-dealkylation sites (tertiary alicyclic amines) is 1. The van der Waals surface area contributed by atoms with E-state index >= 15 is 0 Å². The predicted molar refractivity (Wildman–Crippen MR) is 97.9 cm³/mol. The van der Waals surface area contributed by atoms with Crippen LogP contribution in [-0.4, -0.2) is 74.1 Å². The van der Waals surface area contributed by atoms with Crippen LogP contribution < -0.4 is 0 Å². The van der Waals surface area contributed by atoms with E-state index in [1.807, 2.05) is 0 Å². The van der Waals surface area contributed by atoms with E-state index < -0.39 is 0 Å². The third-order valence-electron chi connectivity index (χ3n) is 5.82. The van der Waals surface area contributed by atoms with Crippen molar-refractivity contribution in [3.05, 3.63) is 35.9 Å². The SMILES string of the molecule is CN1CCC(C)(CN2CCN(CCc3ccccc3)CC2)CC1. The summed E-state index contributed by atoms with van der Waals surface area (Å²) in [6, 6.07) is 10.9. The van der Waals surface area contributed by atoms with Gasteiger partial charge >= 0.3 is 0 Å². The number of piperidine rings is 1. The Hall–Kier alpha value is -0.900. The maximum atomic E-state index is 2.71. The summed E-state index contributed by atoms with van der Waals surface area (Å²) in [5.74, 6) is 0. The summed E-state index contributed by atoms with van der Waals surface area (Å²) in [6.07, 6.45) is 3.90. The lowest BCUT2D eigenvalue weighted by Gasteiger charge is -2.43. The molecule has 0 spiro atoms. The zero-order valence-corrected chi connectivity index (χ0v) is 15.0. The second kappa shape index (κ2) is 7.78. The van der Waals surface area contributed by atoms with Gasteiger partial charge in [-0.2, -0.15) is 0 Å². The lowest BCUT2D eigenvalue weighted by molar-refractivity contribution is 0.0558. The first-order valence-corrected chi connectivity index (χ1v) is 9.30. The van der Waals surface area contributed by atoms with Crippen molar-refractivity contribution in [2.75, 3.05) is 59.4 Å². The minimum Gasteiger partial charge on any atom is -0.306 e. The molecule has 0 bridgehead atoms. The van der Waals surface area contributed by atoms with Gasteiger partial charge in [0, 0.05) is 39.3 Å². The highest BCUT2D eigenvalue weighted by Crippen LogP contribution is 2.31. The van der Waals surface area contributed by atoms with Crippen molar-refractivity contribution < 1.29 is 0 Å². The number of rotatable bonds is 5. The molecule has 1 aromatic rings. The van der Waals surface area contributed by atoms with Gasteiger partial charge in [-0.3, -0.25) is 0 Å². The predicted octanol–water partition coefficient (Wildman–Crippen LogP) is 2.58. The maximum Gasteiger partial charge on any atom is 0.0110 e. The average Bonchev–Trinajstić information content (AvgIpc) is 2.58. The molecule has 1 aromatic carbocycles. The smallest absolute Gasteiger partial charge is 0.0110 e. The number of hydrogen-bond acceptors (Lipinski definition) is 3. The minimum absolute atomic E-state index is 0.540. The van der Waals surface area contributed by atoms with Gasteiger partial charge in [0.05, 0.1) is 0 Å². The van der Waals surface area contributed by atoms with E-state index in [4.69, 9.17) is 0 Å². The van der Waals surface area contributed by atoms with Crippen LogP contribution in [0.1, 0.15) is 25.3 Å². The Labute approximate surface area is 142 Å². The van der Waals surface area contributed by atoms with E-state index in [1.54, 1.807) is 0 Å². The zero-order chi connectivity index (χ0) is 16.1. The molecule has 2 fully saturated rings. The summed E-state index contributed by atoms with van der Waals surface area (Å²) in [4.78, 5) is 7.83. The van der Waals surface area contributed by atoms with Gasteiger partial charge in [0.25, 0.3) is 0 Å². The van der Waals surface area contributed by atoms with E-state index in [2.05, 4.69) is 59.0 Å². The molecule has 3 heteroatoms. The van der Waals surface area contributed by atoms with Crippen LogP contribution in [0.15, 0.2) is 30.3 Å². The number of hydrogen-bond donors (Lipinski definition) is 0. The topological polar surface area (TPSA) is 9.72 Å². The second-order valence-electron chi connectivity index (χ2n) is 7.97. The summed E-state index contributed by atoms with van der Waals surface area (Å²) in [7, 11) is 2.26.